The van der Waals surface area contributed by atoms with E-state index in [1.807, 2.05) is 53.1 Å². The molecule has 30 heavy (non-hydrogen) atoms. The lowest BCUT2D eigenvalue weighted by Crippen LogP contribution is -2.49. The summed E-state index contributed by atoms with van der Waals surface area (Å²) >= 11 is 0. The number of benzene rings is 2. The van der Waals surface area contributed by atoms with Crippen LogP contribution in [0.4, 0.5) is 11.4 Å². The zero-order chi connectivity index (χ0) is 21.1. The van der Waals surface area contributed by atoms with Gasteiger partial charge in [-0.3, -0.25) is 9.59 Å². The summed E-state index contributed by atoms with van der Waals surface area (Å²) in [4.78, 5) is 32.0. The van der Waals surface area contributed by atoms with Crippen LogP contribution in [0.5, 0.6) is 0 Å². The minimum atomic E-state index is 0.0650. The first-order chi connectivity index (χ1) is 14.5. The zero-order valence-corrected chi connectivity index (χ0v) is 17.6. The second-order valence-corrected chi connectivity index (χ2v) is 8.27. The van der Waals surface area contributed by atoms with Gasteiger partial charge in [-0.15, -0.1) is 0 Å². The van der Waals surface area contributed by atoms with Crippen molar-refractivity contribution < 1.29 is 9.59 Å². The van der Waals surface area contributed by atoms with Gasteiger partial charge < -0.3 is 20.4 Å². The summed E-state index contributed by atoms with van der Waals surface area (Å²) in [5.74, 6) is 0.131. The van der Waals surface area contributed by atoms with Gasteiger partial charge in [0.15, 0.2) is 0 Å². The summed E-state index contributed by atoms with van der Waals surface area (Å²) in [6.45, 7) is 6.30. The maximum Gasteiger partial charge on any atom is 0.256 e. The normalized spacial score (nSPS) is 17.2. The Morgan fingerprint density at radius 3 is 2.07 bits per heavy atom. The molecule has 0 radical (unpaired) electrons. The number of carbonyl (C=O) groups is 2. The number of rotatable bonds is 3. The maximum absolute atomic E-state index is 13.2. The molecule has 158 valence electrons. The highest BCUT2D eigenvalue weighted by molar-refractivity contribution is 6.01. The molecule has 2 saturated heterocycles. The number of nitrogens with two attached hydrogens (primary N) is 1. The highest BCUT2D eigenvalue weighted by Crippen LogP contribution is 2.27. The van der Waals surface area contributed by atoms with E-state index in [9.17, 15) is 9.59 Å². The Hall–Kier alpha value is -3.02. The SMILES string of the molecule is Cc1ccc(C(=O)N2CCN(c3ccc(N)cc3C(=O)N3CCCCC3)CC2)cc1. The van der Waals surface area contributed by atoms with Gasteiger partial charge in [-0.25, -0.2) is 0 Å². The van der Waals surface area contributed by atoms with E-state index in [0.29, 0.717) is 37.4 Å². The number of anilines is 2. The molecule has 2 N–H and O–H groups in total. The Labute approximate surface area is 178 Å². The number of carbonyl (C=O) groups excluding carboxylic acids is 2. The third-order valence-electron chi connectivity index (χ3n) is 6.10. The van der Waals surface area contributed by atoms with Crippen molar-refractivity contribution in [1.29, 1.82) is 0 Å². The van der Waals surface area contributed by atoms with Crippen molar-refractivity contribution in [3.05, 3.63) is 59.2 Å². The van der Waals surface area contributed by atoms with Crippen molar-refractivity contribution in [1.82, 2.24) is 9.80 Å². The van der Waals surface area contributed by atoms with E-state index >= 15 is 0 Å². The molecule has 2 aliphatic rings. The first-order valence-corrected chi connectivity index (χ1v) is 10.8. The molecular formula is C24H30N4O2. The average molecular weight is 407 g/mol. The predicted molar refractivity (Wildman–Crippen MR) is 120 cm³/mol. The lowest BCUT2D eigenvalue weighted by molar-refractivity contribution is 0.0718. The van der Waals surface area contributed by atoms with Crippen LogP contribution in [0.15, 0.2) is 42.5 Å². The topological polar surface area (TPSA) is 69.9 Å². The molecule has 2 aromatic carbocycles. The van der Waals surface area contributed by atoms with Crippen molar-refractivity contribution in [2.24, 2.45) is 0 Å². The molecule has 2 aliphatic heterocycles. The van der Waals surface area contributed by atoms with E-state index in [4.69, 9.17) is 5.73 Å². The number of amides is 2. The molecule has 0 atom stereocenters. The van der Waals surface area contributed by atoms with Crippen LogP contribution in [-0.2, 0) is 0 Å². The quantitative estimate of drug-likeness (QED) is 0.795. The number of hydrogen-bond donors (Lipinski definition) is 1. The Kier molecular flexibility index (Phi) is 5.93. The van der Waals surface area contributed by atoms with Crippen molar-refractivity contribution in [2.75, 3.05) is 49.9 Å². The Bertz CT molecular complexity index is 911. The van der Waals surface area contributed by atoms with Crippen LogP contribution >= 0.6 is 0 Å². The first-order valence-electron chi connectivity index (χ1n) is 10.8. The van der Waals surface area contributed by atoms with Crippen molar-refractivity contribution >= 4 is 23.2 Å². The monoisotopic (exact) mass is 406 g/mol. The molecule has 0 aromatic heterocycles. The predicted octanol–water partition coefficient (Wildman–Crippen LogP) is 3.17. The van der Waals surface area contributed by atoms with Crippen LogP contribution in [0.1, 0.15) is 45.5 Å². The third-order valence-corrected chi connectivity index (χ3v) is 6.10. The van der Waals surface area contributed by atoms with E-state index in [2.05, 4.69) is 4.90 Å². The van der Waals surface area contributed by atoms with Crippen LogP contribution in [-0.4, -0.2) is 60.9 Å². The average Bonchev–Trinajstić information content (AvgIpc) is 2.79. The Morgan fingerprint density at radius 1 is 0.767 bits per heavy atom. The smallest absolute Gasteiger partial charge is 0.256 e. The number of nitrogen functional groups attached to an aromatic ring is 1. The number of likely N-dealkylation sites (tertiary alicyclic amines) is 1. The lowest BCUT2D eigenvalue weighted by atomic mass is 10.1. The van der Waals surface area contributed by atoms with Gasteiger partial charge in [-0.05, 0) is 56.5 Å². The molecule has 6 nitrogen and oxygen atoms in total. The molecular weight excluding hydrogens is 376 g/mol. The number of piperazine rings is 1. The number of aryl methyl sites for hydroxylation is 1. The highest BCUT2D eigenvalue weighted by atomic mass is 16.2. The molecule has 0 saturated carbocycles. The van der Waals surface area contributed by atoms with Crippen LogP contribution in [0.2, 0.25) is 0 Å². The summed E-state index contributed by atoms with van der Waals surface area (Å²) in [5.41, 5.74) is 10.1. The van der Waals surface area contributed by atoms with Gasteiger partial charge in [-0.2, -0.15) is 0 Å². The van der Waals surface area contributed by atoms with Gasteiger partial charge in [0.25, 0.3) is 11.8 Å². The largest absolute Gasteiger partial charge is 0.399 e. The van der Waals surface area contributed by atoms with Crippen LogP contribution in [0.3, 0.4) is 0 Å². The lowest BCUT2D eigenvalue weighted by Gasteiger charge is -2.37. The van der Waals surface area contributed by atoms with E-state index in [-0.39, 0.29) is 11.8 Å². The minimum Gasteiger partial charge on any atom is -0.399 e. The van der Waals surface area contributed by atoms with E-state index in [0.717, 1.165) is 42.7 Å². The van der Waals surface area contributed by atoms with Gasteiger partial charge in [0.05, 0.1) is 5.56 Å². The molecule has 0 aliphatic carbocycles. The molecule has 2 aromatic rings. The summed E-state index contributed by atoms with van der Waals surface area (Å²) in [7, 11) is 0. The second-order valence-electron chi connectivity index (χ2n) is 8.27. The summed E-state index contributed by atoms with van der Waals surface area (Å²) in [5, 5.41) is 0. The summed E-state index contributed by atoms with van der Waals surface area (Å²) < 4.78 is 0. The second kappa shape index (κ2) is 8.78. The van der Waals surface area contributed by atoms with Crippen molar-refractivity contribution in [3.8, 4) is 0 Å². The number of nitrogens with zero attached hydrogens (tertiary/aromatic N) is 3. The third kappa shape index (κ3) is 4.27. The van der Waals surface area contributed by atoms with Gasteiger partial charge in [0, 0.05) is 56.2 Å². The zero-order valence-electron chi connectivity index (χ0n) is 17.6. The van der Waals surface area contributed by atoms with E-state index in [1.165, 1.54) is 6.42 Å². The van der Waals surface area contributed by atoms with Crippen LogP contribution < -0.4 is 10.6 Å². The van der Waals surface area contributed by atoms with Gasteiger partial charge in [0.2, 0.25) is 0 Å². The number of piperidine rings is 1. The van der Waals surface area contributed by atoms with Crippen LogP contribution in [0, 0.1) is 6.92 Å². The fourth-order valence-corrected chi connectivity index (χ4v) is 4.30. The number of hydrogen-bond acceptors (Lipinski definition) is 4. The Morgan fingerprint density at radius 2 is 1.40 bits per heavy atom. The fourth-order valence-electron chi connectivity index (χ4n) is 4.30. The minimum absolute atomic E-state index is 0.0650. The molecule has 0 unspecified atom stereocenters. The molecule has 0 bridgehead atoms. The molecule has 6 heteroatoms. The molecule has 4 rings (SSSR count). The fraction of sp³-hybridized carbons (Fsp3) is 0.417. The summed E-state index contributed by atoms with van der Waals surface area (Å²) in [6, 6.07) is 13.3. The van der Waals surface area contributed by atoms with E-state index < -0.39 is 0 Å². The molecule has 2 amide bonds. The summed E-state index contributed by atoms with van der Waals surface area (Å²) in [6.07, 6.45) is 3.30. The van der Waals surface area contributed by atoms with Crippen molar-refractivity contribution in [2.45, 2.75) is 26.2 Å². The molecule has 0 spiro atoms. The Balaban J connectivity index is 1.47. The van der Waals surface area contributed by atoms with Gasteiger partial charge >= 0.3 is 0 Å². The maximum atomic E-state index is 13.2. The molecule has 2 fully saturated rings. The van der Waals surface area contributed by atoms with Crippen LogP contribution in [0.25, 0.3) is 0 Å². The van der Waals surface area contributed by atoms with Gasteiger partial charge in [-0.1, -0.05) is 17.7 Å². The highest BCUT2D eigenvalue weighted by Gasteiger charge is 2.27. The van der Waals surface area contributed by atoms with Crippen molar-refractivity contribution in [3.63, 3.8) is 0 Å². The van der Waals surface area contributed by atoms with E-state index in [1.54, 1.807) is 6.07 Å². The standard InChI is InChI=1S/C24H30N4O2/c1-18-5-7-19(8-6-18)23(29)28-15-13-26(14-16-28)22-10-9-20(25)17-21(22)24(30)27-11-3-2-4-12-27/h5-10,17H,2-4,11-16,25H2,1H3. The molecule has 2 heterocycles. The van der Waals surface area contributed by atoms with Gasteiger partial charge in [0.1, 0.15) is 0 Å². The first kappa shape index (κ1) is 20.3.